The minimum absolute atomic E-state index is 0. The zero-order chi connectivity index (χ0) is 26.7. The summed E-state index contributed by atoms with van der Waals surface area (Å²) in [7, 11) is -3.56. The van der Waals surface area contributed by atoms with Crippen molar-refractivity contribution in [3.63, 3.8) is 0 Å². The van der Waals surface area contributed by atoms with E-state index in [0.717, 1.165) is 48.3 Å². The standard InChI is InChI=1S/C28H38N4O3S2.ClH/c1-6-30(7-2)18-19-32(28-29-26-22(5)21(4)8-13-25(26)36-28)27(33)23-9-11-24(12-10-23)37(34,35)31-16-14-20(3)15-17-31;/h8-13,20H,6-7,14-19H2,1-5H3;1H. The van der Waals surface area contributed by atoms with Crippen molar-refractivity contribution in [2.24, 2.45) is 5.92 Å². The van der Waals surface area contributed by atoms with Gasteiger partial charge < -0.3 is 4.90 Å². The molecule has 2 heterocycles. The highest BCUT2D eigenvalue weighted by atomic mass is 35.5. The number of anilines is 1. The van der Waals surface area contributed by atoms with Crippen LogP contribution in [0.1, 0.15) is 55.1 Å². The van der Waals surface area contributed by atoms with Gasteiger partial charge in [-0.2, -0.15) is 4.31 Å². The number of hydrogen-bond acceptors (Lipinski definition) is 6. The molecule has 0 bridgehead atoms. The number of benzene rings is 2. The highest BCUT2D eigenvalue weighted by molar-refractivity contribution is 7.89. The molecule has 1 aliphatic rings. The molecule has 7 nitrogen and oxygen atoms in total. The van der Waals surface area contributed by atoms with Gasteiger partial charge in [0, 0.05) is 31.7 Å². The molecule has 38 heavy (non-hydrogen) atoms. The molecule has 3 aromatic rings. The van der Waals surface area contributed by atoms with E-state index in [1.54, 1.807) is 33.5 Å². The Balaban J connectivity index is 0.00000400. The van der Waals surface area contributed by atoms with E-state index >= 15 is 0 Å². The number of hydrogen-bond donors (Lipinski definition) is 0. The van der Waals surface area contributed by atoms with Crippen molar-refractivity contribution < 1.29 is 13.2 Å². The lowest BCUT2D eigenvalue weighted by molar-refractivity contribution is 0.0983. The summed E-state index contributed by atoms with van der Waals surface area (Å²) >= 11 is 1.52. The van der Waals surface area contributed by atoms with Gasteiger partial charge in [0.15, 0.2) is 5.13 Å². The zero-order valence-electron chi connectivity index (χ0n) is 22.9. The molecule has 208 valence electrons. The molecule has 0 radical (unpaired) electrons. The summed E-state index contributed by atoms with van der Waals surface area (Å²) in [6, 6.07) is 10.5. The molecular weight excluding hydrogens is 540 g/mol. The Morgan fingerprint density at radius 1 is 1.03 bits per heavy atom. The predicted molar refractivity (Wildman–Crippen MR) is 159 cm³/mol. The summed E-state index contributed by atoms with van der Waals surface area (Å²) in [6.07, 6.45) is 1.75. The molecule has 0 N–H and O–H groups in total. The van der Waals surface area contributed by atoms with Crippen molar-refractivity contribution in [1.29, 1.82) is 0 Å². The average Bonchev–Trinajstić information content (AvgIpc) is 3.33. The van der Waals surface area contributed by atoms with Gasteiger partial charge in [-0.25, -0.2) is 13.4 Å². The summed E-state index contributed by atoms with van der Waals surface area (Å²) in [4.78, 5) is 22.9. The van der Waals surface area contributed by atoms with Crippen LogP contribution in [0.5, 0.6) is 0 Å². The molecule has 1 amide bonds. The third kappa shape index (κ3) is 6.39. The Labute approximate surface area is 237 Å². The predicted octanol–water partition coefficient (Wildman–Crippen LogP) is 5.74. The fourth-order valence-electron chi connectivity index (χ4n) is 4.69. The van der Waals surface area contributed by atoms with Crippen molar-refractivity contribution in [3.05, 3.63) is 53.1 Å². The first-order valence-electron chi connectivity index (χ1n) is 13.2. The first kappa shape index (κ1) is 30.5. The minimum atomic E-state index is -3.56. The number of thiazole rings is 1. The number of carbonyl (C=O) groups excluding carboxylic acids is 1. The molecule has 1 aromatic heterocycles. The van der Waals surface area contributed by atoms with E-state index in [-0.39, 0.29) is 23.2 Å². The third-order valence-electron chi connectivity index (χ3n) is 7.57. The largest absolute Gasteiger partial charge is 0.302 e. The van der Waals surface area contributed by atoms with Gasteiger partial charge in [-0.3, -0.25) is 9.69 Å². The Kier molecular flexibility index (Phi) is 10.3. The second kappa shape index (κ2) is 12.9. The summed E-state index contributed by atoms with van der Waals surface area (Å²) in [5.41, 5.74) is 3.68. The van der Waals surface area contributed by atoms with Crippen LogP contribution in [-0.4, -0.2) is 67.8 Å². The fourth-order valence-corrected chi connectivity index (χ4v) is 7.21. The number of likely N-dealkylation sites (N-methyl/N-ethyl adjacent to an activating group) is 1. The van der Waals surface area contributed by atoms with Gasteiger partial charge in [0.25, 0.3) is 5.91 Å². The van der Waals surface area contributed by atoms with Crippen LogP contribution in [0, 0.1) is 19.8 Å². The summed E-state index contributed by atoms with van der Waals surface area (Å²) < 4.78 is 28.9. The first-order chi connectivity index (χ1) is 17.6. The first-order valence-corrected chi connectivity index (χ1v) is 15.4. The van der Waals surface area contributed by atoms with Crippen LogP contribution in [0.25, 0.3) is 10.2 Å². The van der Waals surface area contributed by atoms with Crippen LogP contribution < -0.4 is 4.90 Å². The highest BCUT2D eigenvalue weighted by Crippen LogP contribution is 2.33. The monoisotopic (exact) mass is 578 g/mol. The van der Waals surface area contributed by atoms with Crippen molar-refractivity contribution >= 4 is 55.0 Å². The molecular formula is C28H39ClN4O3S2. The van der Waals surface area contributed by atoms with Crippen LogP contribution in [0.4, 0.5) is 5.13 Å². The molecule has 0 spiro atoms. The van der Waals surface area contributed by atoms with Gasteiger partial charge in [-0.15, -0.1) is 12.4 Å². The van der Waals surface area contributed by atoms with Crippen LogP contribution in [0.3, 0.4) is 0 Å². The van der Waals surface area contributed by atoms with Gasteiger partial charge >= 0.3 is 0 Å². The number of halogens is 1. The number of amides is 1. The number of rotatable bonds is 9. The van der Waals surface area contributed by atoms with Gasteiger partial charge in [0.05, 0.1) is 15.1 Å². The molecule has 2 aromatic carbocycles. The number of aromatic nitrogens is 1. The Hall–Kier alpha value is -2.04. The number of carbonyl (C=O) groups is 1. The maximum atomic E-state index is 13.8. The number of nitrogens with zero attached hydrogens (tertiary/aromatic N) is 4. The van der Waals surface area contributed by atoms with E-state index < -0.39 is 10.0 Å². The molecule has 0 unspecified atom stereocenters. The van der Waals surface area contributed by atoms with Crippen LogP contribution in [-0.2, 0) is 10.0 Å². The number of sulfonamides is 1. The van der Waals surface area contributed by atoms with Crippen LogP contribution in [0.2, 0.25) is 0 Å². The molecule has 0 aliphatic carbocycles. The zero-order valence-corrected chi connectivity index (χ0v) is 25.4. The van der Waals surface area contributed by atoms with Gasteiger partial charge in [-0.1, -0.05) is 38.2 Å². The maximum Gasteiger partial charge on any atom is 0.260 e. The second-order valence-corrected chi connectivity index (χ2v) is 12.9. The van der Waals surface area contributed by atoms with Gasteiger partial charge in [0.2, 0.25) is 10.0 Å². The minimum Gasteiger partial charge on any atom is -0.302 e. The highest BCUT2D eigenvalue weighted by Gasteiger charge is 2.29. The van der Waals surface area contributed by atoms with Gasteiger partial charge in [-0.05, 0) is 87.2 Å². The lowest BCUT2D eigenvalue weighted by Gasteiger charge is -2.29. The summed E-state index contributed by atoms with van der Waals surface area (Å²) in [5, 5.41) is 0.667. The molecule has 4 rings (SSSR count). The summed E-state index contributed by atoms with van der Waals surface area (Å²) in [5.74, 6) is 0.375. The van der Waals surface area contributed by atoms with E-state index in [0.29, 0.717) is 36.2 Å². The van der Waals surface area contributed by atoms with Crippen molar-refractivity contribution in [3.8, 4) is 0 Å². The topological polar surface area (TPSA) is 73.8 Å². The van der Waals surface area contributed by atoms with Crippen molar-refractivity contribution in [2.75, 3.05) is 44.2 Å². The van der Waals surface area contributed by atoms with E-state index in [2.05, 4.69) is 51.7 Å². The number of fused-ring (bicyclic) bond motifs is 1. The Morgan fingerprint density at radius 2 is 1.66 bits per heavy atom. The molecule has 10 heteroatoms. The quantitative estimate of drug-likeness (QED) is 0.323. The fraction of sp³-hybridized carbons (Fsp3) is 0.500. The third-order valence-corrected chi connectivity index (χ3v) is 10.5. The van der Waals surface area contributed by atoms with E-state index in [9.17, 15) is 13.2 Å². The molecule has 1 saturated heterocycles. The lowest BCUT2D eigenvalue weighted by atomic mass is 10.0. The average molecular weight is 579 g/mol. The van der Waals surface area contributed by atoms with E-state index in [1.165, 1.54) is 16.9 Å². The second-order valence-electron chi connectivity index (χ2n) is 9.95. The SMILES string of the molecule is CCN(CC)CCN(C(=O)c1ccc(S(=O)(=O)N2CCC(C)CC2)cc1)c1nc2c(C)c(C)ccc2s1.Cl. The van der Waals surface area contributed by atoms with Crippen LogP contribution >= 0.6 is 23.7 Å². The maximum absolute atomic E-state index is 13.8. The van der Waals surface area contributed by atoms with E-state index in [1.807, 2.05) is 0 Å². The van der Waals surface area contributed by atoms with Crippen molar-refractivity contribution in [1.82, 2.24) is 14.2 Å². The molecule has 0 atom stereocenters. The molecule has 1 fully saturated rings. The van der Waals surface area contributed by atoms with Gasteiger partial charge in [0.1, 0.15) is 0 Å². The normalized spacial score (nSPS) is 15.1. The Bertz CT molecular complexity index is 1350. The molecule has 0 saturated carbocycles. The van der Waals surface area contributed by atoms with Crippen molar-refractivity contribution in [2.45, 2.75) is 52.4 Å². The van der Waals surface area contributed by atoms with Crippen LogP contribution in [0.15, 0.2) is 41.3 Å². The summed E-state index contributed by atoms with van der Waals surface area (Å²) in [6.45, 7) is 14.6. The number of piperidine rings is 1. The smallest absolute Gasteiger partial charge is 0.260 e. The number of aryl methyl sites for hydroxylation is 2. The van der Waals surface area contributed by atoms with E-state index in [4.69, 9.17) is 4.98 Å². The lowest BCUT2D eigenvalue weighted by Crippen LogP contribution is -2.39. The molecule has 1 aliphatic heterocycles. The Morgan fingerprint density at radius 3 is 2.26 bits per heavy atom.